The second-order valence-corrected chi connectivity index (χ2v) is 5.02. The summed E-state index contributed by atoms with van der Waals surface area (Å²) < 4.78 is 36.3. The van der Waals surface area contributed by atoms with Gasteiger partial charge in [0.2, 0.25) is 10.0 Å². The second-order valence-electron chi connectivity index (χ2n) is 3.29. The van der Waals surface area contributed by atoms with Crippen molar-refractivity contribution in [2.75, 3.05) is 27.4 Å². The number of nitrogens with two attached hydrogens (primary N) is 1. The van der Waals surface area contributed by atoms with Crippen molar-refractivity contribution >= 4 is 10.0 Å². The van der Waals surface area contributed by atoms with Gasteiger partial charge in [-0.3, -0.25) is 0 Å². The first-order chi connectivity index (χ1) is 8.55. The molecule has 0 atom stereocenters. The summed E-state index contributed by atoms with van der Waals surface area (Å²) in [6, 6.07) is 4.44. The van der Waals surface area contributed by atoms with Gasteiger partial charge in [0, 0.05) is 12.6 Å². The van der Waals surface area contributed by atoms with Crippen molar-refractivity contribution in [2.45, 2.75) is 4.90 Å². The minimum absolute atomic E-state index is 0.0304. The molecule has 0 heterocycles. The van der Waals surface area contributed by atoms with Crippen LogP contribution in [-0.2, 0) is 14.9 Å². The van der Waals surface area contributed by atoms with Crippen molar-refractivity contribution in [2.24, 2.45) is 5.90 Å². The third-order valence-electron chi connectivity index (χ3n) is 2.17. The molecule has 8 heteroatoms. The minimum Gasteiger partial charge on any atom is -0.497 e. The van der Waals surface area contributed by atoms with Gasteiger partial charge in [-0.1, -0.05) is 0 Å². The summed E-state index contributed by atoms with van der Waals surface area (Å²) in [6.45, 7) is 0.158. The van der Waals surface area contributed by atoms with E-state index >= 15 is 0 Å². The van der Waals surface area contributed by atoms with Crippen LogP contribution < -0.4 is 20.1 Å². The van der Waals surface area contributed by atoms with E-state index < -0.39 is 10.0 Å². The SMILES string of the molecule is COc1ccc(S(=O)(=O)NCCON)c(OC)c1. The monoisotopic (exact) mass is 276 g/mol. The molecule has 0 saturated heterocycles. The zero-order valence-electron chi connectivity index (χ0n) is 10.2. The van der Waals surface area contributed by atoms with Crippen molar-refractivity contribution < 1.29 is 22.7 Å². The van der Waals surface area contributed by atoms with Crippen LogP contribution in [0.3, 0.4) is 0 Å². The van der Waals surface area contributed by atoms with E-state index in [1.54, 1.807) is 0 Å². The summed E-state index contributed by atoms with van der Waals surface area (Å²) in [7, 11) is -0.795. The Balaban J connectivity index is 3.00. The Bertz CT molecular complexity index is 489. The lowest BCUT2D eigenvalue weighted by molar-refractivity contribution is 0.143. The van der Waals surface area contributed by atoms with E-state index in [4.69, 9.17) is 15.4 Å². The van der Waals surface area contributed by atoms with Gasteiger partial charge in [0.05, 0.1) is 20.8 Å². The van der Waals surface area contributed by atoms with Crippen LogP contribution >= 0.6 is 0 Å². The molecule has 1 rings (SSSR count). The Morgan fingerprint density at radius 1 is 1.28 bits per heavy atom. The van der Waals surface area contributed by atoms with Gasteiger partial charge in [0.25, 0.3) is 0 Å². The highest BCUT2D eigenvalue weighted by Gasteiger charge is 2.19. The Morgan fingerprint density at radius 3 is 2.56 bits per heavy atom. The maximum Gasteiger partial charge on any atom is 0.244 e. The predicted octanol–water partition coefficient (Wildman–Crippen LogP) is -0.128. The number of ether oxygens (including phenoxy) is 2. The zero-order chi connectivity index (χ0) is 13.6. The number of methoxy groups -OCH3 is 2. The summed E-state index contributed by atoms with van der Waals surface area (Å²) in [4.78, 5) is 4.32. The van der Waals surface area contributed by atoms with Gasteiger partial charge < -0.3 is 14.3 Å². The molecule has 0 unspecified atom stereocenters. The van der Waals surface area contributed by atoms with Gasteiger partial charge in [0.1, 0.15) is 16.4 Å². The van der Waals surface area contributed by atoms with E-state index in [1.807, 2.05) is 0 Å². The molecule has 0 aliphatic heterocycles. The van der Waals surface area contributed by atoms with Gasteiger partial charge in [-0.05, 0) is 12.1 Å². The highest BCUT2D eigenvalue weighted by Crippen LogP contribution is 2.27. The summed E-state index contributed by atoms with van der Waals surface area (Å²) >= 11 is 0. The van der Waals surface area contributed by atoms with Crippen LogP contribution in [0.5, 0.6) is 11.5 Å². The molecule has 0 aliphatic carbocycles. The Kier molecular flexibility index (Phi) is 5.35. The average Bonchev–Trinajstić information content (AvgIpc) is 2.38. The molecular weight excluding hydrogens is 260 g/mol. The first kappa shape index (κ1) is 14.7. The van der Waals surface area contributed by atoms with Crippen LogP contribution in [0.15, 0.2) is 23.1 Å². The van der Waals surface area contributed by atoms with E-state index in [0.717, 1.165) is 0 Å². The Hall–Kier alpha value is -1.35. The first-order valence-corrected chi connectivity index (χ1v) is 6.57. The van der Waals surface area contributed by atoms with Crippen LogP contribution in [0.4, 0.5) is 0 Å². The number of hydrogen-bond acceptors (Lipinski definition) is 6. The van der Waals surface area contributed by atoms with Crippen LogP contribution in [0.2, 0.25) is 0 Å². The number of sulfonamides is 1. The zero-order valence-corrected chi connectivity index (χ0v) is 11.0. The summed E-state index contributed by atoms with van der Waals surface area (Å²) in [5, 5.41) is 0. The molecule has 7 nitrogen and oxygen atoms in total. The standard InChI is InChI=1S/C10H16N2O5S/c1-15-8-3-4-10(9(7-8)16-2)18(13,14)12-5-6-17-11/h3-4,7,12H,5-6,11H2,1-2H3. The van der Waals surface area contributed by atoms with Crippen LogP contribution in [0.25, 0.3) is 0 Å². The largest absolute Gasteiger partial charge is 0.497 e. The van der Waals surface area contributed by atoms with Crippen molar-refractivity contribution in [1.82, 2.24) is 4.72 Å². The van der Waals surface area contributed by atoms with Crippen molar-refractivity contribution in [3.05, 3.63) is 18.2 Å². The summed E-state index contributed by atoms with van der Waals surface area (Å²) in [5.41, 5.74) is 0. The van der Waals surface area contributed by atoms with Crippen molar-refractivity contribution in [1.29, 1.82) is 0 Å². The van der Waals surface area contributed by atoms with E-state index in [9.17, 15) is 8.42 Å². The quantitative estimate of drug-likeness (QED) is 0.531. The van der Waals surface area contributed by atoms with Gasteiger partial charge >= 0.3 is 0 Å². The van der Waals surface area contributed by atoms with Crippen molar-refractivity contribution in [3.63, 3.8) is 0 Å². The fraction of sp³-hybridized carbons (Fsp3) is 0.400. The van der Waals surface area contributed by atoms with Gasteiger partial charge in [-0.2, -0.15) is 0 Å². The summed E-state index contributed by atoms with van der Waals surface area (Å²) in [6.07, 6.45) is 0. The molecule has 3 N–H and O–H groups in total. The number of nitrogens with one attached hydrogen (secondary N) is 1. The third-order valence-corrected chi connectivity index (χ3v) is 3.67. The van der Waals surface area contributed by atoms with Crippen molar-refractivity contribution in [3.8, 4) is 11.5 Å². The number of rotatable bonds is 7. The smallest absolute Gasteiger partial charge is 0.244 e. The van der Waals surface area contributed by atoms with E-state index in [2.05, 4.69) is 9.56 Å². The number of benzene rings is 1. The fourth-order valence-corrected chi connectivity index (χ4v) is 2.47. The molecule has 102 valence electrons. The molecule has 0 amide bonds. The van der Waals surface area contributed by atoms with Crippen LogP contribution in [-0.4, -0.2) is 35.8 Å². The van der Waals surface area contributed by atoms with Gasteiger partial charge in [-0.25, -0.2) is 19.0 Å². The molecule has 1 aromatic rings. The highest BCUT2D eigenvalue weighted by atomic mass is 32.2. The lowest BCUT2D eigenvalue weighted by atomic mass is 10.3. The Morgan fingerprint density at radius 2 is 2.00 bits per heavy atom. The molecule has 0 radical (unpaired) electrons. The molecule has 1 aromatic carbocycles. The molecule has 0 aliphatic rings. The van der Waals surface area contributed by atoms with Crippen LogP contribution in [0, 0.1) is 0 Å². The predicted molar refractivity (Wildman–Crippen MR) is 64.9 cm³/mol. The highest BCUT2D eigenvalue weighted by molar-refractivity contribution is 7.89. The first-order valence-electron chi connectivity index (χ1n) is 5.08. The number of hydrogen-bond donors (Lipinski definition) is 2. The van der Waals surface area contributed by atoms with Gasteiger partial charge in [-0.15, -0.1) is 0 Å². The summed E-state index contributed by atoms with van der Waals surface area (Å²) in [5.74, 6) is 5.53. The lowest BCUT2D eigenvalue weighted by Gasteiger charge is -2.11. The van der Waals surface area contributed by atoms with Crippen LogP contribution in [0.1, 0.15) is 0 Å². The molecule has 0 bridgehead atoms. The fourth-order valence-electron chi connectivity index (χ4n) is 1.31. The lowest BCUT2D eigenvalue weighted by Crippen LogP contribution is -2.28. The minimum atomic E-state index is -3.67. The normalized spacial score (nSPS) is 11.3. The molecule has 0 fully saturated rings. The molecular formula is C10H16N2O5S. The molecule has 0 aromatic heterocycles. The maximum absolute atomic E-state index is 12.0. The van der Waals surface area contributed by atoms with E-state index in [1.165, 1.54) is 32.4 Å². The van der Waals surface area contributed by atoms with E-state index in [-0.39, 0.29) is 23.8 Å². The molecule has 0 saturated carbocycles. The van der Waals surface area contributed by atoms with E-state index in [0.29, 0.717) is 5.75 Å². The third kappa shape index (κ3) is 3.57. The Labute approximate surface area is 106 Å². The average molecular weight is 276 g/mol. The molecule has 0 spiro atoms. The molecule has 18 heavy (non-hydrogen) atoms. The second kappa shape index (κ2) is 6.55. The van der Waals surface area contributed by atoms with Gasteiger partial charge in [0.15, 0.2) is 0 Å². The maximum atomic E-state index is 12.0. The topological polar surface area (TPSA) is 99.9 Å².